The first kappa shape index (κ1) is 17.9. The van der Waals surface area contributed by atoms with Gasteiger partial charge in [-0.15, -0.1) is 11.3 Å². The van der Waals surface area contributed by atoms with Gasteiger partial charge in [-0.2, -0.15) is 5.10 Å². The van der Waals surface area contributed by atoms with Crippen LogP contribution in [-0.4, -0.2) is 48.8 Å². The van der Waals surface area contributed by atoms with Crippen molar-refractivity contribution in [1.82, 2.24) is 24.6 Å². The number of fused-ring (bicyclic) bond motifs is 2. The van der Waals surface area contributed by atoms with Gasteiger partial charge in [0, 0.05) is 23.8 Å². The molecule has 0 spiro atoms. The molecule has 1 atom stereocenters. The van der Waals surface area contributed by atoms with E-state index in [1.807, 2.05) is 25.4 Å². The summed E-state index contributed by atoms with van der Waals surface area (Å²) in [7, 11) is 1.98. The minimum atomic E-state index is -0.976. The van der Waals surface area contributed by atoms with Crippen molar-refractivity contribution in [2.24, 2.45) is 0 Å². The number of likely N-dealkylation sites (N-methyl/N-ethyl adjacent to an activating group) is 1. The number of nitrogens with one attached hydrogen (secondary N) is 1. The van der Waals surface area contributed by atoms with Crippen LogP contribution >= 0.6 is 11.3 Å². The SMILES string of the molecule is CCn1nc(C(=O)O)c2c1CC[C@@H](N(C)Cc1nc3ccsc3c(=O)[nH]1)C2. The third-order valence-electron chi connectivity index (χ3n) is 5.21. The van der Waals surface area contributed by atoms with E-state index in [-0.39, 0.29) is 17.3 Å². The van der Waals surface area contributed by atoms with Gasteiger partial charge in [0.1, 0.15) is 10.5 Å². The summed E-state index contributed by atoms with van der Waals surface area (Å²) in [5, 5.41) is 15.6. The van der Waals surface area contributed by atoms with E-state index in [0.717, 1.165) is 29.6 Å². The molecule has 0 aliphatic heterocycles. The Labute approximate surface area is 159 Å². The molecule has 0 bridgehead atoms. The molecule has 0 unspecified atom stereocenters. The van der Waals surface area contributed by atoms with Crippen molar-refractivity contribution in [1.29, 1.82) is 0 Å². The third-order valence-corrected chi connectivity index (χ3v) is 6.11. The fourth-order valence-electron chi connectivity index (χ4n) is 3.84. The number of aromatic amines is 1. The van der Waals surface area contributed by atoms with Crippen LogP contribution in [0.15, 0.2) is 16.2 Å². The molecule has 1 aliphatic rings. The molecule has 4 rings (SSSR count). The van der Waals surface area contributed by atoms with Crippen LogP contribution in [0.25, 0.3) is 10.2 Å². The van der Waals surface area contributed by atoms with Crippen molar-refractivity contribution in [2.45, 2.75) is 45.3 Å². The van der Waals surface area contributed by atoms with Crippen molar-refractivity contribution < 1.29 is 9.90 Å². The molecule has 1 aliphatic carbocycles. The molecule has 0 fully saturated rings. The molecule has 8 nitrogen and oxygen atoms in total. The van der Waals surface area contributed by atoms with Crippen molar-refractivity contribution >= 4 is 27.5 Å². The van der Waals surface area contributed by atoms with Gasteiger partial charge in [0.2, 0.25) is 0 Å². The predicted molar refractivity (Wildman–Crippen MR) is 102 cm³/mol. The van der Waals surface area contributed by atoms with Gasteiger partial charge >= 0.3 is 5.97 Å². The van der Waals surface area contributed by atoms with Crippen LogP contribution in [0.4, 0.5) is 0 Å². The molecule has 0 radical (unpaired) electrons. The molecule has 27 heavy (non-hydrogen) atoms. The second-order valence-electron chi connectivity index (χ2n) is 6.85. The normalized spacial score (nSPS) is 16.8. The lowest BCUT2D eigenvalue weighted by molar-refractivity contribution is 0.0687. The number of hydrogen-bond donors (Lipinski definition) is 2. The Hall–Kier alpha value is -2.52. The molecule has 3 aromatic heterocycles. The average molecular weight is 387 g/mol. The molecule has 0 aromatic carbocycles. The summed E-state index contributed by atoms with van der Waals surface area (Å²) in [6.07, 6.45) is 2.35. The van der Waals surface area contributed by atoms with E-state index in [1.165, 1.54) is 11.3 Å². The predicted octanol–water partition coefficient (Wildman–Crippen LogP) is 1.89. The number of hydrogen-bond acceptors (Lipinski definition) is 6. The summed E-state index contributed by atoms with van der Waals surface area (Å²) >= 11 is 1.39. The van der Waals surface area contributed by atoms with Crippen molar-refractivity contribution in [3.05, 3.63) is 44.6 Å². The summed E-state index contributed by atoms with van der Waals surface area (Å²) in [5.41, 5.74) is 2.64. The highest BCUT2D eigenvalue weighted by Gasteiger charge is 2.30. The van der Waals surface area contributed by atoms with E-state index in [9.17, 15) is 14.7 Å². The Kier molecular flexibility index (Phi) is 4.56. The molecule has 3 aromatic rings. The first-order valence-corrected chi connectivity index (χ1v) is 9.84. The Morgan fingerprint density at radius 2 is 2.33 bits per heavy atom. The highest BCUT2D eigenvalue weighted by molar-refractivity contribution is 7.17. The fourth-order valence-corrected chi connectivity index (χ4v) is 4.57. The molecule has 3 heterocycles. The van der Waals surface area contributed by atoms with Gasteiger partial charge in [0.15, 0.2) is 5.69 Å². The van der Waals surface area contributed by atoms with Gasteiger partial charge in [-0.3, -0.25) is 14.4 Å². The van der Waals surface area contributed by atoms with Gasteiger partial charge in [0.05, 0.1) is 12.1 Å². The lowest BCUT2D eigenvalue weighted by atomic mass is 9.90. The number of nitrogens with zero attached hydrogens (tertiary/aromatic N) is 4. The third kappa shape index (κ3) is 3.17. The van der Waals surface area contributed by atoms with Gasteiger partial charge in [-0.05, 0) is 44.7 Å². The van der Waals surface area contributed by atoms with E-state index in [0.29, 0.717) is 30.0 Å². The molecular formula is C18H21N5O3S. The van der Waals surface area contributed by atoms with Gasteiger partial charge in [-0.25, -0.2) is 9.78 Å². The molecule has 9 heteroatoms. The van der Waals surface area contributed by atoms with Crippen LogP contribution in [0.2, 0.25) is 0 Å². The van der Waals surface area contributed by atoms with Crippen molar-refractivity contribution in [2.75, 3.05) is 7.05 Å². The molecule has 2 N–H and O–H groups in total. The van der Waals surface area contributed by atoms with E-state index in [4.69, 9.17) is 0 Å². The number of H-pyrrole nitrogens is 1. The van der Waals surface area contributed by atoms with E-state index >= 15 is 0 Å². The zero-order chi connectivity index (χ0) is 19.1. The largest absolute Gasteiger partial charge is 0.476 e. The lowest BCUT2D eigenvalue weighted by Crippen LogP contribution is -2.37. The highest BCUT2D eigenvalue weighted by atomic mass is 32.1. The molecule has 0 saturated heterocycles. The number of aromatic carboxylic acids is 1. The van der Waals surface area contributed by atoms with Gasteiger partial charge in [0.25, 0.3) is 5.56 Å². The Bertz CT molecular complexity index is 1070. The first-order chi connectivity index (χ1) is 13.0. The molecule has 0 amide bonds. The van der Waals surface area contributed by atoms with Crippen LogP contribution < -0.4 is 5.56 Å². The smallest absolute Gasteiger partial charge is 0.356 e. The lowest BCUT2D eigenvalue weighted by Gasteiger charge is -2.31. The summed E-state index contributed by atoms with van der Waals surface area (Å²) in [6.45, 7) is 3.15. The minimum Gasteiger partial charge on any atom is -0.476 e. The number of rotatable bonds is 5. The van der Waals surface area contributed by atoms with E-state index < -0.39 is 5.97 Å². The van der Waals surface area contributed by atoms with Crippen LogP contribution in [0, 0.1) is 0 Å². The maximum atomic E-state index is 12.2. The Morgan fingerprint density at radius 3 is 3.07 bits per heavy atom. The van der Waals surface area contributed by atoms with Crippen LogP contribution in [0.3, 0.4) is 0 Å². The Morgan fingerprint density at radius 1 is 1.52 bits per heavy atom. The van der Waals surface area contributed by atoms with Gasteiger partial charge < -0.3 is 10.1 Å². The number of thiophene rings is 1. The molecule has 142 valence electrons. The molecule has 0 saturated carbocycles. The molecular weight excluding hydrogens is 366 g/mol. The fraction of sp³-hybridized carbons (Fsp3) is 0.444. The van der Waals surface area contributed by atoms with Crippen LogP contribution in [-0.2, 0) is 25.9 Å². The second-order valence-corrected chi connectivity index (χ2v) is 7.77. The number of aryl methyl sites for hydroxylation is 1. The number of carboxylic acid groups (broad SMARTS) is 1. The summed E-state index contributed by atoms with van der Waals surface area (Å²) in [5.74, 6) is -0.349. The maximum absolute atomic E-state index is 12.2. The number of carboxylic acids is 1. The minimum absolute atomic E-state index is 0.110. The first-order valence-electron chi connectivity index (χ1n) is 8.96. The number of carbonyl (C=O) groups is 1. The van der Waals surface area contributed by atoms with Crippen molar-refractivity contribution in [3.63, 3.8) is 0 Å². The Balaban J connectivity index is 1.57. The average Bonchev–Trinajstić information content (AvgIpc) is 3.25. The monoisotopic (exact) mass is 387 g/mol. The maximum Gasteiger partial charge on any atom is 0.356 e. The number of aromatic nitrogens is 4. The second kappa shape index (κ2) is 6.90. The van der Waals surface area contributed by atoms with Crippen LogP contribution in [0.1, 0.15) is 40.9 Å². The summed E-state index contributed by atoms with van der Waals surface area (Å²) in [4.78, 5) is 33.3. The van der Waals surface area contributed by atoms with Gasteiger partial charge in [-0.1, -0.05) is 0 Å². The topological polar surface area (TPSA) is 104 Å². The summed E-state index contributed by atoms with van der Waals surface area (Å²) in [6, 6.07) is 2.03. The summed E-state index contributed by atoms with van der Waals surface area (Å²) < 4.78 is 2.44. The zero-order valence-corrected chi connectivity index (χ0v) is 16.0. The highest BCUT2D eigenvalue weighted by Crippen LogP contribution is 2.27. The standard InChI is InChI=1S/C18H21N5O3S/c1-3-23-13-5-4-10(8-11(13)15(21-23)18(25)26)22(2)9-14-19-12-6-7-27-16(12)17(24)20-14/h6-7,10H,3-5,8-9H2,1-2H3,(H,25,26)(H,19,20,24)/t10-/m1/s1. The van der Waals surface area contributed by atoms with E-state index in [2.05, 4.69) is 20.0 Å². The van der Waals surface area contributed by atoms with Crippen molar-refractivity contribution in [3.8, 4) is 0 Å². The van der Waals surface area contributed by atoms with Crippen LogP contribution in [0.5, 0.6) is 0 Å². The zero-order valence-electron chi connectivity index (χ0n) is 15.2. The van der Waals surface area contributed by atoms with E-state index in [1.54, 1.807) is 4.68 Å². The quantitative estimate of drug-likeness (QED) is 0.693.